The lowest BCUT2D eigenvalue weighted by atomic mass is 9.82. The molecule has 4 rings (SSSR count). The summed E-state index contributed by atoms with van der Waals surface area (Å²) in [7, 11) is 0. The van der Waals surface area contributed by atoms with Crippen molar-refractivity contribution in [2.75, 3.05) is 0 Å². The molecule has 1 aliphatic rings. The molecule has 108 valence electrons. The smallest absolute Gasteiger partial charge is 0.165 e. The summed E-state index contributed by atoms with van der Waals surface area (Å²) in [4.78, 5) is 17.5. The topological polar surface area (TPSA) is 30.0 Å². The fraction of sp³-hybridized carbons (Fsp3) is 0.200. The third-order valence-electron chi connectivity index (χ3n) is 4.38. The summed E-state index contributed by atoms with van der Waals surface area (Å²) in [6.45, 7) is 2.12. The summed E-state index contributed by atoms with van der Waals surface area (Å²) in [5, 5.41) is 1.07. The molecule has 0 N–H and O–H groups in total. The first kappa shape index (κ1) is 13.2. The molecule has 1 aromatic heterocycles. The van der Waals surface area contributed by atoms with E-state index in [4.69, 9.17) is 4.98 Å². The van der Waals surface area contributed by atoms with Crippen molar-refractivity contribution in [2.45, 2.75) is 19.8 Å². The van der Waals surface area contributed by atoms with Gasteiger partial charge in [0, 0.05) is 22.9 Å². The molecule has 0 saturated heterocycles. The highest BCUT2D eigenvalue weighted by Gasteiger charge is 2.28. The molecule has 0 fully saturated rings. The number of carbonyl (C=O) groups excluding carboxylic acids is 1. The lowest BCUT2D eigenvalue weighted by molar-refractivity contribution is 0.0953. The summed E-state index contributed by atoms with van der Waals surface area (Å²) in [5.41, 5.74) is 4.92. The van der Waals surface area contributed by atoms with E-state index in [1.807, 2.05) is 36.4 Å². The van der Waals surface area contributed by atoms with Crippen molar-refractivity contribution in [2.24, 2.45) is 5.92 Å². The molecule has 1 unspecified atom stereocenters. The summed E-state index contributed by atoms with van der Waals surface area (Å²) >= 11 is 0. The van der Waals surface area contributed by atoms with Gasteiger partial charge in [0.1, 0.15) is 0 Å². The number of rotatable bonds is 1. The van der Waals surface area contributed by atoms with E-state index < -0.39 is 0 Å². The highest BCUT2D eigenvalue weighted by molar-refractivity contribution is 6.11. The van der Waals surface area contributed by atoms with Crippen LogP contribution in [0.4, 0.5) is 0 Å². The molecule has 22 heavy (non-hydrogen) atoms. The predicted molar refractivity (Wildman–Crippen MR) is 89.0 cm³/mol. The third kappa shape index (κ3) is 2.03. The van der Waals surface area contributed by atoms with E-state index in [2.05, 4.69) is 25.1 Å². The van der Waals surface area contributed by atoms with Gasteiger partial charge in [-0.2, -0.15) is 0 Å². The van der Waals surface area contributed by atoms with Crippen LogP contribution < -0.4 is 0 Å². The molecule has 0 bridgehead atoms. The van der Waals surface area contributed by atoms with Crippen LogP contribution in [0.3, 0.4) is 0 Å². The number of aromatic nitrogens is 1. The predicted octanol–water partition coefficient (Wildman–Crippen LogP) is 4.67. The maximum atomic E-state index is 12.7. The van der Waals surface area contributed by atoms with Gasteiger partial charge in [-0.15, -0.1) is 0 Å². The van der Waals surface area contributed by atoms with Gasteiger partial charge in [-0.25, -0.2) is 0 Å². The molecule has 1 aliphatic carbocycles. The number of Topliss-reactive ketones (excluding diaryl/α,β-unsaturated/α-hetero) is 1. The molecular weight excluding hydrogens is 270 g/mol. The van der Waals surface area contributed by atoms with Crippen LogP contribution in [0.15, 0.2) is 54.6 Å². The first-order chi connectivity index (χ1) is 10.7. The number of hydrogen-bond acceptors (Lipinski definition) is 2. The minimum atomic E-state index is 0.228. The number of pyridine rings is 1. The first-order valence-corrected chi connectivity index (χ1v) is 7.74. The van der Waals surface area contributed by atoms with E-state index in [0.29, 0.717) is 12.3 Å². The molecule has 2 heteroatoms. The maximum Gasteiger partial charge on any atom is 0.165 e. The molecule has 0 amide bonds. The zero-order chi connectivity index (χ0) is 15.1. The molecule has 2 aromatic carbocycles. The highest BCUT2D eigenvalue weighted by atomic mass is 16.1. The number of carbonyl (C=O) groups is 1. The van der Waals surface area contributed by atoms with Gasteiger partial charge in [-0.3, -0.25) is 9.78 Å². The number of nitrogens with zero attached hydrogens (tertiary/aromatic N) is 1. The van der Waals surface area contributed by atoms with Gasteiger partial charge in [0.05, 0.1) is 11.2 Å². The van der Waals surface area contributed by atoms with Crippen molar-refractivity contribution in [3.63, 3.8) is 0 Å². The Morgan fingerprint density at radius 1 is 0.909 bits per heavy atom. The second-order valence-electron chi connectivity index (χ2n) is 6.13. The van der Waals surface area contributed by atoms with Crippen molar-refractivity contribution in [3.05, 3.63) is 65.9 Å². The molecule has 0 spiro atoms. The first-order valence-electron chi connectivity index (χ1n) is 7.74. The molecule has 0 radical (unpaired) electrons. The second-order valence-corrected chi connectivity index (χ2v) is 6.13. The van der Waals surface area contributed by atoms with E-state index in [1.54, 1.807) is 0 Å². The van der Waals surface area contributed by atoms with E-state index in [-0.39, 0.29) is 5.78 Å². The largest absolute Gasteiger partial charge is 0.294 e. The SMILES string of the molecule is CC1CC(=O)c2c(nc3ccccc3c2-c2ccccc2)C1. The second kappa shape index (κ2) is 5.06. The van der Waals surface area contributed by atoms with Crippen molar-refractivity contribution in [1.82, 2.24) is 4.98 Å². The minimum Gasteiger partial charge on any atom is -0.294 e. The van der Waals surface area contributed by atoms with Gasteiger partial charge in [-0.1, -0.05) is 55.5 Å². The standard InChI is InChI=1S/C20H17NO/c1-13-11-17-20(18(22)12-13)19(14-7-3-2-4-8-14)15-9-5-6-10-16(15)21-17/h2-10,13H,11-12H2,1H3. The van der Waals surface area contributed by atoms with Crippen LogP contribution in [0.25, 0.3) is 22.0 Å². The molecule has 1 atom stereocenters. The van der Waals surface area contributed by atoms with Crippen LogP contribution in [0, 0.1) is 5.92 Å². The zero-order valence-corrected chi connectivity index (χ0v) is 12.5. The number of benzene rings is 2. The maximum absolute atomic E-state index is 12.7. The Balaban J connectivity index is 2.12. The van der Waals surface area contributed by atoms with Crippen LogP contribution in [0.2, 0.25) is 0 Å². The summed E-state index contributed by atoms with van der Waals surface area (Å²) in [5.74, 6) is 0.600. The zero-order valence-electron chi connectivity index (χ0n) is 12.5. The van der Waals surface area contributed by atoms with Crippen molar-refractivity contribution >= 4 is 16.7 Å². The molecule has 3 aromatic rings. The van der Waals surface area contributed by atoms with Gasteiger partial charge in [0.25, 0.3) is 0 Å². The summed E-state index contributed by atoms with van der Waals surface area (Å²) < 4.78 is 0. The number of para-hydroxylation sites is 1. The quantitative estimate of drug-likeness (QED) is 0.651. The Bertz CT molecular complexity index is 868. The van der Waals surface area contributed by atoms with E-state index in [1.165, 1.54) is 0 Å². The molecule has 0 saturated carbocycles. The van der Waals surface area contributed by atoms with Crippen molar-refractivity contribution in [3.8, 4) is 11.1 Å². The van der Waals surface area contributed by atoms with Crippen LogP contribution in [-0.2, 0) is 6.42 Å². The summed E-state index contributed by atoms with van der Waals surface area (Å²) in [6, 6.07) is 18.3. The normalized spacial score (nSPS) is 17.5. The monoisotopic (exact) mass is 287 g/mol. The van der Waals surface area contributed by atoms with Gasteiger partial charge in [0.15, 0.2) is 5.78 Å². The molecular formula is C20H17NO. The van der Waals surface area contributed by atoms with Gasteiger partial charge in [0.2, 0.25) is 0 Å². The van der Waals surface area contributed by atoms with Gasteiger partial charge < -0.3 is 0 Å². The fourth-order valence-corrected chi connectivity index (χ4v) is 3.44. The van der Waals surface area contributed by atoms with Crippen molar-refractivity contribution in [1.29, 1.82) is 0 Å². The number of hydrogen-bond donors (Lipinski definition) is 0. The average Bonchev–Trinajstić information content (AvgIpc) is 2.53. The minimum absolute atomic E-state index is 0.228. The van der Waals surface area contributed by atoms with E-state index in [0.717, 1.165) is 39.7 Å². The van der Waals surface area contributed by atoms with Gasteiger partial charge >= 0.3 is 0 Å². The van der Waals surface area contributed by atoms with Crippen LogP contribution in [0.5, 0.6) is 0 Å². The lowest BCUT2D eigenvalue weighted by Gasteiger charge is -2.23. The molecule has 0 aliphatic heterocycles. The third-order valence-corrected chi connectivity index (χ3v) is 4.38. The molecule has 1 heterocycles. The Labute approximate surface area is 129 Å². The van der Waals surface area contributed by atoms with E-state index >= 15 is 0 Å². The Morgan fingerprint density at radius 3 is 2.45 bits per heavy atom. The Morgan fingerprint density at radius 2 is 1.64 bits per heavy atom. The van der Waals surface area contributed by atoms with Gasteiger partial charge in [-0.05, 0) is 24.0 Å². The van der Waals surface area contributed by atoms with Crippen molar-refractivity contribution < 1.29 is 4.79 Å². The molecule has 2 nitrogen and oxygen atoms in total. The van der Waals surface area contributed by atoms with Crippen LogP contribution in [-0.4, -0.2) is 10.8 Å². The fourth-order valence-electron chi connectivity index (χ4n) is 3.44. The Kier molecular flexibility index (Phi) is 3.04. The van der Waals surface area contributed by atoms with Crippen LogP contribution in [0.1, 0.15) is 29.4 Å². The Hall–Kier alpha value is -2.48. The average molecular weight is 287 g/mol. The number of fused-ring (bicyclic) bond motifs is 2. The number of ketones is 1. The lowest BCUT2D eigenvalue weighted by Crippen LogP contribution is -2.20. The van der Waals surface area contributed by atoms with Crippen LogP contribution >= 0.6 is 0 Å². The van der Waals surface area contributed by atoms with E-state index in [9.17, 15) is 4.79 Å². The summed E-state index contributed by atoms with van der Waals surface area (Å²) in [6.07, 6.45) is 1.50. The highest BCUT2D eigenvalue weighted by Crippen LogP contribution is 2.37.